The maximum absolute atomic E-state index is 12.7. The van der Waals surface area contributed by atoms with Gasteiger partial charge in [0.1, 0.15) is 6.61 Å². The third-order valence-corrected chi connectivity index (χ3v) is 5.14. The second-order valence-corrected chi connectivity index (χ2v) is 8.15. The number of hydrogen-bond donors (Lipinski definition) is 1. The molecule has 0 radical (unpaired) electrons. The third-order valence-electron chi connectivity index (χ3n) is 5.14. The molecule has 0 spiro atoms. The number of fused-ring (bicyclic) bond motifs is 1. The van der Waals surface area contributed by atoms with Gasteiger partial charge in [0.05, 0.1) is 23.3 Å². The number of nitrogens with one attached hydrogen (secondary N) is 1. The standard InChI is InChI=1S/C24H28N2O4/c1-4-5-8-17-11-13-18(14-12-17)25-21(27)15-30-16-24(2,3)26-22(28)19-9-6-7-10-20(19)23(26)29/h6-7,9-14H,4-5,8,15-16H2,1-3H3,(H,25,27). The number of ether oxygens (including phenoxy) is 1. The fourth-order valence-corrected chi connectivity index (χ4v) is 3.53. The Labute approximate surface area is 177 Å². The van der Waals surface area contributed by atoms with Crippen molar-refractivity contribution in [3.8, 4) is 0 Å². The number of unbranched alkanes of at least 4 members (excludes halogenated alkanes) is 1. The zero-order valence-corrected chi connectivity index (χ0v) is 17.7. The summed E-state index contributed by atoms with van der Waals surface area (Å²) in [7, 11) is 0. The Morgan fingerprint density at radius 2 is 1.60 bits per heavy atom. The molecule has 0 atom stereocenters. The van der Waals surface area contributed by atoms with Crippen molar-refractivity contribution in [2.24, 2.45) is 0 Å². The molecule has 3 amide bonds. The van der Waals surface area contributed by atoms with Crippen LogP contribution in [0.2, 0.25) is 0 Å². The van der Waals surface area contributed by atoms with Crippen LogP contribution in [-0.2, 0) is 16.0 Å². The van der Waals surface area contributed by atoms with E-state index in [0.29, 0.717) is 16.8 Å². The van der Waals surface area contributed by atoms with E-state index in [4.69, 9.17) is 4.74 Å². The molecule has 30 heavy (non-hydrogen) atoms. The molecule has 0 bridgehead atoms. The predicted molar refractivity (Wildman–Crippen MR) is 116 cm³/mol. The minimum atomic E-state index is -0.881. The molecule has 3 rings (SSSR count). The number of aryl methyl sites for hydroxylation is 1. The van der Waals surface area contributed by atoms with E-state index in [2.05, 4.69) is 12.2 Å². The first-order valence-electron chi connectivity index (χ1n) is 10.3. The lowest BCUT2D eigenvalue weighted by Crippen LogP contribution is -2.50. The normalized spacial score (nSPS) is 13.5. The molecule has 0 fully saturated rings. The van der Waals surface area contributed by atoms with E-state index in [-0.39, 0.29) is 30.9 Å². The van der Waals surface area contributed by atoms with Gasteiger partial charge in [0.15, 0.2) is 0 Å². The number of carbonyl (C=O) groups is 3. The Bertz CT molecular complexity index is 899. The first kappa shape index (κ1) is 21.7. The Balaban J connectivity index is 1.51. The van der Waals surface area contributed by atoms with Crippen molar-refractivity contribution in [1.82, 2.24) is 4.90 Å². The van der Waals surface area contributed by atoms with Crippen LogP contribution in [0, 0.1) is 0 Å². The number of carbonyl (C=O) groups excluding carboxylic acids is 3. The van der Waals surface area contributed by atoms with Crippen LogP contribution in [0.5, 0.6) is 0 Å². The lowest BCUT2D eigenvalue weighted by molar-refractivity contribution is -0.121. The highest BCUT2D eigenvalue weighted by molar-refractivity contribution is 6.21. The van der Waals surface area contributed by atoms with Crippen molar-refractivity contribution < 1.29 is 19.1 Å². The van der Waals surface area contributed by atoms with Crippen LogP contribution in [0.25, 0.3) is 0 Å². The van der Waals surface area contributed by atoms with Gasteiger partial charge in [-0.1, -0.05) is 37.6 Å². The molecular formula is C24H28N2O4. The first-order valence-corrected chi connectivity index (χ1v) is 10.3. The molecule has 1 aliphatic rings. The fraction of sp³-hybridized carbons (Fsp3) is 0.375. The van der Waals surface area contributed by atoms with Crippen LogP contribution in [0.1, 0.15) is 59.9 Å². The minimum Gasteiger partial charge on any atom is -0.369 e. The van der Waals surface area contributed by atoms with Crippen LogP contribution >= 0.6 is 0 Å². The number of nitrogens with zero attached hydrogens (tertiary/aromatic N) is 1. The maximum atomic E-state index is 12.7. The number of benzene rings is 2. The van der Waals surface area contributed by atoms with Crippen molar-refractivity contribution in [3.63, 3.8) is 0 Å². The quantitative estimate of drug-likeness (QED) is 0.635. The van der Waals surface area contributed by atoms with Gasteiger partial charge in [-0.15, -0.1) is 0 Å². The zero-order valence-electron chi connectivity index (χ0n) is 17.7. The molecule has 0 aromatic heterocycles. The van der Waals surface area contributed by atoms with Crippen molar-refractivity contribution in [1.29, 1.82) is 0 Å². The largest absolute Gasteiger partial charge is 0.369 e. The Morgan fingerprint density at radius 3 is 2.17 bits per heavy atom. The van der Waals surface area contributed by atoms with E-state index in [1.165, 1.54) is 10.5 Å². The molecule has 158 valence electrons. The number of imide groups is 1. The molecule has 0 saturated carbocycles. The van der Waals surface area contributed by atoms with Gasteiger partial charge in [0, 0.05) is 5.69 Å². The Morgan fingerprint density at radius 1 is 1.00 bits per heavy atom. The van der Waals surface area contributed by atoms with Crippen molar-refractivity contribution in [2.45, 2.75) is 45.6 Å². The number of hydrogen-bond acceptors (Lipinski definition) is 4. The van der Waals surface area contributed by atoms with Gasteiger partial charge in [-0.3, -0.25) is 19.3 Å². The zero-order chi connectivity index (χ0) is 21.7. The van der Waals surface area contributed by atoms with E-state index in [1.807, 2.05) is 24.3 Å². The number of amides is 3. The number of anilines is 1. The van der Waals surface area contributed by atoms with Gasteiger partial charge in [-0.25, -0.2) is 0 Å². The van der Waals surface area contributed by atoms with Crippen LogP contribution in [-0.4, -0.2) is 41.4 Å². The highest BCUT2D eigenvalue weighted by atomic mass is 16.5. The van der Waals surface area contributed by atoms with Crippen LogP contribution in [0.15, 0.2) is 48.5 Å². The highest BCUT2D eigenvalue weighted by Gasteiger charge is 2.44. The molecule has 1 aliphatic heterocycles. The topological polar surface area (TPSA) is 75.7 Å². The van der Waals surface area contributed by atoms with Crippen LogP contribution in [0.4, 0.5) is 5.69 Å². The first-order chi connectivity index (χ1) is 14.3. The molecule has 0 aliphatic carbocycles. The molecule has 0 unspecified atom stereocenters. The summed E-state index contributed by atoms with van der Waals surface area (Å²) in [6, 6.07) is 14.5. The predicted octanol–water partition coefficient (Wildman–Crippen LogP) is 4.06. The molecule has 6 nitrogen and oxygen atoms in total. The smallest absolute Gasteiger partial charge is 0.262 e. The number of rotatable bonds is 9. The molecule has 1 N–H and O–H groups in total. The van der Waals surface area contributed by atoms with Crippen molar-refractivity contribution >= 4 is 23.4 Å². The van der Waals surface area contributed by atoms with E-state index >= 15 is 0 Å². The second-order valence-electron chi connectivity index (χ2n) is 8.15. The Hall–Kier alpha value is -2.99. The molecular weight excluding hydrogens is 380 g/mol. The average Bonchev–Trinajstić information content (AvgIpc) is 2.98. The monoisotopic (exact) mass is 408 g/mol. The van der Waals surface area contributed by atoms with E-state index in [0.717, 1.165) is 19.3 Å². The summed E-state index contributed by atoms with van der Waals surface area (Å²) < 4.78 is 5.56. The molecule has 6 heteroatoms. The van der Waals surface area contributed by atoms with Gasteiger partial charge in [0.2, 0.25) is 5.91 Å². The molecule has 1 heterocycles. The molecule has 0 saturated heterocycles. The summed E-state index contributed by atoms with van der Waals surface area (Å²) in [6.45, 7) is 5.56. The van der Waals surface area contributed by atoms with Gasteiger partial charge >= 0.3 is 0 Å². The van der Waals surface area contributed by atoms with Gasteiger partial charge in [0.25, 0.3) is 11.8 Å². The lowest BCUT2D eigenvalue weighted by Gasteiger charge is -2.33. The van der Waals surface area contributed by atoms with Crippen molar-refractivity contribution in [3.05, 3.63) is 65.2 Å². The lowest BCUT2D eigenvalue weighted by atomic mass is 10.0. The summed E-state index contributed by atoms with van der Waals surface area (Å²) in [5.74, 6) is -0.955. The van der Waals surface area contributed by atoms with Crippen LogP contribution in [0.3, 0.4) is 0 Å². The van der Waals surface area contributed by atoms with E-state index in [9.17, 15) is 14.4 Å². The second kappa shape index (κ2) is 9.22. The van der Waals surface area contributed by atoms with Crippen molar-refractivity contribution in [2.75, 3.05) is 18.5 Å². The Kier molecular flexibility index (Phi) is 6.67. The SMILES string of the molecule is CCCCc1ccc(NC(=O)COCC(C)(C)N2C(=O)c3ccccc3C2=O)cc1. The van der Waals surface area contributed by atoms with Crippen LogP contribution < -0.4 is 5.32 Å². The van der Waals surface area contributed by atoms with Gasteiger partial charge < -0.3 is 10.1 Å². The summed E-state index contributed by atoms with van der Waals surface area (Å²) in [4.78, 5) is 38.7. The summed E-state index contributed by atoms with van der Waals surface area (Å²) in [5.41, 5.74) is 1.87. The maximum Gasteiger partial charge on any atom is 0.262 e. The van der Waals surface area contributed by atoms with E-state index < -0.39 is 5.54 Å². The highest BCUT2D eigenvalue weighted by Crippen LogP contribution is 2.29. The summed E-state index contributed by atoms with van der Waals surface area (Å²) in [5, 5.41) is 2.80. The van der Waals surface area contributed by atoms with Gasteiger partial charge in [-0.2, -0.15) is 0 Å². The fourth-order valence-electron chi connectivity index (χ4n) is 3.53. The van der Waals surface area contributed by atoms with Gasteiger partial charge in [-0.05, 0) is 56.5 Å². The minimum absolute atomic E-state index is 0.0574. The third kappa shape index (κ3) is 4.76. The molecule has 2 aromatic carbocycles. The average molecular weight is 408 g/mol. The van der Waals surface area contributed by atoms with E-state index in [1.54, 1.807) is 38.1 Å². The summed E-state index contributed by atoms with van der Waals surface area (Å²) in [6.07, 6.45) is 3.32. The molecule has 2 aromatic rings. The summed E-state index contributed by atoms with van der Waals surface area (Å²) >= 11 is 0.